The van der Waals surface area contributed by atoms with Crippen LogP contribution in [0.4, 0.5) is 0 Å². The lowest BCUT2D eigenvalue weighted by Crippen LogP contribution is -2.18. The molecule has 1 atom stereocenters. The van der Waals surface area contributed by atoms with Gasteiger partial charge in [0.1, 0.15) is 10.6 Å². The Bertz CT molecular complexity index is 466. The lowest BCUT2D eigenvalue weighted by atomic mass is 10.1. The van der Waals surface area contributed by atoms with E-state index in [1.54, 1.807) is 12.1 Å². The molecule has 0 aliphatic heterocycles. The van der Waals surface area contributed by atoms with Crippen LogP contribution in [0.2, 0.25) is 0 Å². The maximum atomic E-state index is 11.5. The summed E-state index contributed by atoms with van der Waals surface area (Å²) in [6.07, 6.45) is 1.76. The summed E-state index contributed by atoms with van der Waals surface area (Å²) in [7, 11) is -1.80. The smallest absolute Gasteiger partial charge is 0.179 e. The first-order valence-electron chi connectivity index (χ1n) is 4.97. The quantitative estimate of drug-likeness (QED) is 0.856. The minimum atomic E-state index is -3.27. The third-order valence-electron chi connectivity index (χ3n) is 2.21. The van der Waals surface area contributed by atoms with E-state index in [1.165, 1.54) is 13.4 Å². The van der Waals surface area contributed by atoms with Crippen molar-refractivity contribution in [1.29, 1.82) is 0 Å². The van der Waals surface area contributed by atoms with Crippen molar-refractivity contribution in [2.75, 3.05) is 13.4 Å². The number of hydrogen-bond acceptors (Lipinski definition) is 4. The van der Waals surface area contributed by atoms with E-state index in [0.29, 0.717) is 12.2 Å². The Labute approximate surface area is 96.3 Å². The Balaban J connectivity index is 3.32. The molecule has 0 fully saturated rings. The summed E-state index contributed by atoms with van der Waals surface area (Å²) in [4.78, 5) is 0.216. The first kappa shape index (κ1) is 13.0. The number of hydrogen-bond donors (Lipinski definition) is 1. The topological polar surface area (TPSA) is 69.4 Å². The molecule has 1 unspecified atom stereocenters. The van der Waals surface area contributed by atoms with Crippen LogP contribution in [0, 0.1) is 0 Å². The van der Waals surface area contributed by atoms with Crippen molar-refractivity contribution in [1.82, 2.24) is 0 Å². The summed E-state index contributed by atoms with van der Waals surface area (Å²) >= 11 is 0. The average Bonchev–Trinajstić information content (AvgIpc) is 2.15. The molecular formula is C11H17NO3S. The van der Waals surface area contributed by atoms with E-state index in [4.69, 9.17) is 10.5 Å². The average molecular weight is 243 g/mol. The highest BCUT2D eigenvalue weighted by atomic mass is 32.2. The largest absolute Gasteiger partial charge is 0.495 e. The molecule has 0 heterocycles. The summed E-state index contributed by atoms with van der Waals surface area (Å²) in [6, 6.07) is 5.04. The number of methoxy groups -OCH3 is 1. The van der Waals surface area contributed by atoms with Gasteiger partial charge < -0.3 is 10.5 Å². The fraction of sp³-hybridized carbons (Fsp3) is 0.455. The fourth-order valence-corrected chi connectivity index (χ4v) is 2.47. The normalized spacial score (nSPS) is 13.5. The van der Waals surface area contributed by atoms with Gasteiger partial charge in [-0.2, -0.15) is 0 Å². The van der Waals surface area contributed by atoms with Gasteiger partial charge >= 0.3 is 0 Å². The molecule has 0 aliphatic rings. The van der Waals surface area contributed by atoms with Crippen molar-refractivity contribution in [3.63, 3.8) is 0 Å². The Morgan fingerprint density at radius 3 is 2.50 bits per heavy atom. The maximum absolute atomic E-state index is 11.5. The van der Waals surface area contributed by atoms with E-state index in [2.05, 4.69) is 0 Å². The standard InChI is InChI=1S/C11H17NO3S/c1-8(12)7-9-5-4-6-10(11(9)15-2)16(3,13)14/h4-6,8H,7,12H2,1-3H3. The number of para-hydroxylation sites is 1. The van der Waals surface area contributed by atoms with Crippen LogP contribution in [-0.4, -0.2) is 27.8 Å². The van der Waals surface area contributed by atoms with Crippen LogP contribution in [-0.2, 0) is 16.3 Å². The van der Waals surface area contributed by atoms with E-state index in [0.717, 1.165) is 5.56 Å². The van der Waals surface area contributed by atoms with Gasteiger partial charge in [-0.15, -0.1) is 0 Å². The van der Waals surface area contributed by atoms with Crippen molar-refractivity contribution >= 4 is 9.84 Å². The zero-order chi connectivity index (χ0) is 12.3. The highest BCUT2D eigenvalue weighted by Crippen LogP contribution is 2.28. The summed E-state index contributed by atoms with van der Waals surface area (Å²) in [5.41, 5.74) is 6.52. The summed E-state index contributed by atoms with van der Waals surface area (Å²) < 4.78 is 28.2. The van der Waals surface area contributed by atoms with Crippen LogP contribution < -0.4 is 10.5 Å². The zero-order valence-electron chi connectivity index (χ0n) is 9.73. The van der Waals surface area contributed by atoms with E-state index in [-0.39, 0.29) is 10.9 Å². The number of nitrogens with two attached hydrogens (primary N) is 1. The molecule has 1 aromatic rings. The number of sulfone groups is 1. The first-order chi connectivity index (χ1) is 7.36. The predicted octanol–water partition coefficient (Wildman–Crippen LogP) is 0.988. The third-order valence-corrected chi connectivity index (χ3v) is 3.33. The molecule has 0 spiro atoms. The lowest BCUT2D eigenvalue weighted by molar-refractivity contribution is 0.396. The van der Waals surface area contributed by atoms with Gasteiger partial charge in [0.15, 0.2) is 9.84 Å². The van der Waals surface area contributed by atoms with Crippen LogP contribution in [0.25, 0.3) is 0 Å². The van der Waals surface area contributed by atoms with Gasteiger partial charge in [0, 0.05) is 12.3 Å². The molecule has 0 saturated carbocycles. The second-order valence-corrected chi connectivity index (χ2v) is 5.89. The van der Waals surface area contributed by atoms with E-state index < -0.39 is 9.84 Å². The second-order valence-electron chi connectivity index (χ2n) is 3.90. The van der Waals surface area contributed by atoms with Gasteiger partial charge in [-0.3, -0.25) is 0 Å². The Hall–Kier alpha value is -1.07. The number of ether oxygens (including phenoxy) is 1. The molecule has 5 heteroatoms. The van der Waals surface area contributed by atoms with Crippen molar-refractivity contribution in [3.8, 4) is 5.75 Å². The van der Waals surface area contributed by atoms with Crippen LogP contribution in [0.5, 0.6) is 5.75 Å². The third kappa shape index (κ3) is 2.96. The van der Waals surface area contributed by atoms with E-state index in [9.17, 15) is 8.42 Å². The van der Waals surface area contributed by atoms with Crippen LogP contribution >= 0.6 is 0 Å². The SMILES string of the molecule is COc1c(CC(C)N)cccc1S(C)(=O)=O. The molecule has 1 rings (SSSR count). The van der Waals surface area contributed by atoms with Gasteiger partial charge in [0.2, 0.25) is 0 Å². The summed E-state index contributed by atoms with van der Waals surface area (Å²) in [5, 5.41) is 0. The van der Waals surface area contributed by atoms with E-state index >= 15 is 0 Å². The van der Waals surface area contributed by atoms with Gasteiger partial charge in [-0.25, -0.2) is 8.42 Å². The molecule has 0 aromatic heterocycles. The van der Waals surface area contributed by atoms with Crippen LogP contribution in [0.3, 0.4) is 0 Å². The van der Waals surface area contributed by atoms with Crippen molar-refractivity contribution < 1.29 is 13.2 Å². The molecule has 16 heavy (non-hydrogen) atoms. The predicted molar refractivity (Wildman–Crippen MR) is 63.5 cm³/mol. The molecule has 0 amide bonds. The molecule has 4 nitrogen and oxygen atoms in total. The van der Waals surface area contributed by atoms with Crippen molar-refractivity contribution in [2.45, 2.75) is 24.3 Å². The Morgan fingerprint density at radius 1 is 1.44 bits per heavy atom. The highest BCUT2D eigenvalue weighted by Gasteiger charge is 2.17. The van der Waals surface area contributed by atoms with Gasteiger partial charge in [0.25, 0.3) is 0 Å². The second kappa shape index (κ2) is 4.84. The fourth-order valence-electron chi connectivity index (χ4n) is 1.59. The molecule has 0 aliphatic carbocycles. The van der Waals surface area contributed by atoms with Gasteiger partial charge in [-0.1, -0.05) is 12.1 Å². The van der Waals surface area contributed by atoms with Crippen LogP contribution in [0.1, 0.15) is 12.5 Å². The zero-order valence-corrected chi connectivity index (χ0v) is 10.5. The number of benzene rings is 1. The molecular weight excluding hydrogens is 226 g/mol. The molecule has 90 valence electrons. The molecule has 0 saturated heterocycles. The molecule has 2 N–H and O–H groups in total. The molecule has 0 radical (unpaired) electrons. The minimum Gasteiger partial charge on any atom is -0.495 e. The Morgan fingerprint density at radius 2 is 2.06 bits per heavy atom. The number of rotatable bonds is 4. The first-order valence-corrected chi connectivity index (χ1v) is 6.87. The van der Waals surface area contributed by atoms with Gasteiger partial charge in [-0.05, 0) is 25.0 Å². The summed E-state index contributed by atoms with van der Waals surface area (Å²) in [6.45, 7) is 1.87. The molecule has 0 bridgehead atoms. The summed E-state index contributed by atoms with van der Waals surface area (Å²) in [5.74, 6) is 0.405. The molecule has 1 aromatic carbocycles. The minimum absolute atomic E-state index is 0.0382. The van der Waals surface area contributed by atoms with Gasteiger partial charge in [0.05, 0.1) is 7.11 Å². The highest BCUT2D eigenvalue weighted by molar-refractivity contribution is 7.90. The van der Waals surface area contributed by atoms with Crippen molar-refractivity contribution in [3.05, 3.63) is 23.8 Å². The van der Waals surface area contributed by atoms with Crippen LogP contribution in [0.15, 0.2) is 23.1 Å². The Kier molecular flexibility index (Phi) is 3.93. The lowest BCUT2D eigenvalue weighted by Gasteiger charge is -2.13. The maximum Gasteiger partial charge on any atom is 0.179 e. The van der Waals surface area contributed by atoms with Crippen molar-refractivity contribution in [2.24, 2.45) is 5.73 Å². The monoisotopic (exact) mass is 243 g/mol. The van der Waals surface area contributed by atoms with E-state index in [1.807, 2.05) is 13.0 Å².